The third kappa shape index (κ3) is 4.53. The third-order valence-corrected chi connectivity index (χ3v) is 5.23. The second-order valence-electron chi connectivity index (χ2n) is 4.95. The minimum Gasteiger partial charge on any atom is -0.326 e. The van der Waals surface area contributed by atoms with Crippen LogP contribution in [0.3, 0.4) is 0 Å². The number of carbonyl (C=O) groups excluding carboxylic acids is 1. The number of nitriles is 1. The highest BCUT2D eigenvalue weighted by Gasteiger charge is 2.24. The SMILES string of the molecule is N#Cc1ccc(NC(=O)CCS(=O)(=O)N2CCNCC2)cc1. The van der Waals surface area contributed by atoms with Crippen LogP contribution in [0.1, 0.15) is 12.0 Å². The standard InChI is InChI=1S/C14H18N4O3S/c15-11-12-1-3-13(4-2-12)17-14(19)5-10-22(20,21)18-8-6-16-7-9-18/h1-4,16H,5-10H2,(H,17,19). The van der Waals surface area contributed by atoms with Crippen LogP contribution in [0.25, 0.3) is 0 Å². The number of anilines is 1. The lowest BCUT2D eigenvalue weighted by molar-refractivity contribution is -0.115. The van der Waals surface area contributed by atoms with Crippen molar-refractivity contribution < 1.29 is 13.2 Å². The Morgan fingerprint density at radius 2 is 1.91 bits per heavy atom. The molecule has 2 rings (SSSR count). The molecule has 22 heavy (non-hydrogen) atoms. The van der Waals surface area contributed by atoms with Gasteiger partial charge in [-0.2, -0.15) is 9.57 Å². The molecule has 8 heteroatoms. The van der Waals surface area contributed by atoms with E-state index in [0.29, 0.717) is 37.4 Å². The average Bonchev–Trinajstić information content (AvgIpc) is 2.55. The minimum atomic E-state index is -3.39. The van der Waals surface area contributed by atoms with E-state index in [9.17, 15) is 13.2 Å². The fraction of sp³-hybridized carbons (Fsp3) is 0.429. The van der Waals surface area contributed by atoms with Gasteiger partial charge in [0.2, 0.25) is 15.9 Å². The molecule has 0 radical (unpaired) electrons. The van der Waals surface area contributed by atoms with E-state index < -0.39 is 10.0 Å². The van der Waals surface area contributed by atoms with Crippen molar-refractivity contribution in [3.8, 4) is 6.07 Å². The number of rotatable bonds is 5. The van der Waals surface area contributed by atoms with Gasteiger partial charge in [-0.05, 0) is 24.3 Å². The van der Waals surface area contributed by atoms with E-state index in [0.717, 1.165) is 0 Å². The van der Waals surface area contributed by atoms with Crippen molar-refractivity contribution in [2.24, 2.45) is 0 Å². The van der Waals surface area contributed by atoms with E-state index >= 15 is 0 Å². The van der Waals surface area contributed by atoms with Crippen molar-refractivity contribution in [3.05, 3.63) is 29.8 Å². The Kier molecular flexibility index (Phi) is 5.49. The number of nitrogens with one attached hydrogen (secondary N) is 2. The zero-order valence-corrected chi connectivity index (χ0v) is 12.9. The molecular formula is C14H18N4O3S. The quantitative estimate of drug-likeness (QED) is 0.802. The van der Waals surface area contributed by atoms with Crippen LogP contribution < -0.4 is 10.6 Å². The van der Waals surface area contributed by atoms with Gasteiger partial charge in [0.25, 0.3) is 0 Å². The van der Waals surface area contributed by atoms with Gasteiger partial charge in [-0.1, -0.05) is 0 Å². The average molecular weight is 322 g/mol. The molecule has 1 amide bonds. The highest BCUT2D eigenvalue weighted by atomic mass is 32.2. The summed E-state index contributed by atoms with van der Waals surface area (Å²) in [6.45, 7) is 2.16. The molecule has 7 nitrogen and oxygen atoms in total. The van der Waals surface area contributed by atoms with Crippen molar-refractivity contribution in [1.82, 2.24) is 9.62 Å². The maximum Gasteiger partial charge on any atom is 0.225 e. The van der Waals surface area contributed by atoms with E-state index in [1.807, 2.05) is 6.07 Å². The van der Waals surface area contributed by atoms with Gasteiger partial charge in [-0.3, -0.25) is 4.79 Å². The number of hydrogen-bond donors (Lipinski definition) is 2. The first-order chi connectivity index (χ1) is 10.5. The molecule has 1 fully saturated rings. The molecule has 1 aromatic rings. The summed E-state index contributed by atoms with van der Waals surface area (Å²) in [6.07, 6.45) is -0.0910. The molecule has 0 bridgehead atoms. The van der Waals surface area contributed by atoms with Crippen LogP contribution in [0.15, 0.2) is 24.3 Å². The van der Waals surface area contributed by atoms with Gasteiger partial charge in [0, 0.05) is 38.3 Å². The molecule has 0 aliphatic carbocycles. The summed E-state index contributed by atoms with van der Waals surface area (Å²) < 4.78 is 25.6. The summed E-state index contributed by atoms with van der Waals surface area (Å²) in [4.78, 5) is 11.8. The number of sulfonamides is 1. The number of nitrogens with zero attached hydrogens (tertiary/aromatic N) is 2. The Morgan fingerprint density at radius 3 is 2.50 bits per heavy atom. The Bertz CT molecular complexity index is 658. The van der Waals surface area contributed by atoms with Gasteiger partial charge in [0.05, 0.1) is 17.4 Å². The molecule has 1 aromatic carbocycles. The first-order valence-electron chi connectivity index (χ1n) is 7.00. The molecule has 2 N–H and O–H groups in total. The molecule has 1 aliphatic rings. The van der Waals surface area contributed by atoms with Crippen molar-refractivity contribution >= 4 is 21.6 Å². The largest absolute Gasteiger partial charge is 0.326 e. The molecule has 0 saturated carbocycles. The van der Waals surface area contributed by atoms with Gasteiger partial charge >= 0.3 is 0 Å². The Morgan fingerprint density at radius 1 is 1.27 bits per heavy atom. The number of piperazine rings is 1. The maximum absolute atomic E-state index is 12.1. The van der Waals surface area contributed by atoms with Crippen LogP contribution in [-0.4, -0.2) is 50.6 Å². The fourth-order valence-electron chi connectivity index (χ4n) is 2.12. The zero-order valence-electron chi connectivity index (χ0n) is 12.1. The molecule has 0 aromatic heterocycles. The van der Waals surface area contributed by atoms with E-state index in [4.69, 9.17) is 5.26 Å². The predicted octanol–water partition coefficient (Wildman–Crippen LogP) is 0.122. The van der Waals surface area contributed by atoms with Crippen LogP contribution in [0, 0.1) is 11.3 Å². The van der Waals surface area contributed by atoms with Crippen molar-refractivity contribution in [1.29, 1.82) is 5.26 Å². The molecule has 1 heterocycles. The van der Waals surface area contributed by atoms with E-state index in [2.05, 4.69) is 10.6 Å². The lowest BCUT2D eigenvalue weighted by atomic mass is 10.2. The van der Waals surface area contributed by atoms with Gasteiger partial charge in [0.15, 0.2) is 0 Å². The number of carbonyl (C=O) groups is 1. The summed E-state index contributed by atoms with van der Waals surface area (Å²) in [7, 11) is -3.39. The topological polar surface area (TPSA) is 102 Å². The first-order valence-corrected chi connectivity index (χ1v) is 8.61. The van der Waals surface area contributed by atoms with Crippen LogP contribution in [0.2, 0.25) is 0 Å². The summed E-state index contributed by atoms with van der Waals surface area (Å²) in [5.74, 6) is -0.557. The summed E-state index contributed by atoms with van der Waals surface area (Å²) in [5, 5.41) is 14.4. The number of hydrogen-bond acceptors (Lipinski definition) is 5. The summed E-state index contributed by atoms with van der Waals surface area (Å²) in [5.41, 5.74) is 1.04. The highest BCUT2D eigenvalue weighted by molar-refractivity contribution is 7.89. The van der Waals surface area contributed by atoms with Crippen molar-refractivity contribution in [2.45, 2.75) is 6.42 Å². The molecule has 1 saturated heterocycles. The smallest absolute Gasteiger partial charge is 0.225 e. The van der Waals surface area contributed by atoms with Gasteiger partial charge < -0.3 is 10.6 Å². The van der Waals surface area contributed by atoms with Gasteiger partial charge in [0.1, 0.15) is 0 Å². The van der Waals surface area contributed by atoms with E-state index in [-0.39, 0.29) is 18.1 Å². The maximum atomic E-state index is 12.1. The molecule has 0 atom stereocenters. The highest BCUT2D eigenvalue weighted by Crippen LogP contribution is 2.10. The van der Waals surface area contributed by atoms with Crippen molar-refractivity contribution in [3.63, 3.8) is 0 Å². The molecule has 0 unspecified atom stereocenters. The van der Waals surface area contributed by atoms with Crippen LogP contribution in [0.5, 0.6) is 0 Å². The van der Waals surface area contributed by atoms with E-state index in [1.54, 1.807) is 24.3 Å². The third-order valence-electron chi connectivity index (χ3n) is 3.35. The molecule has 0 spiro atoms. The van der Waals surface area contributed by atoms with Gasteiger partial charge in [-0.25, -0.2) is 8.42 Å². The Hall–Kier alpha value is -1.95. The lowest BCUT2D eigenvalue weighted by Crippen LogP contribution is -2.47. The predicted molar refractivity (Wildman–Crippen MR) is 82.6 cm³/mol. The second-order valence-corrected chi connectivity index (χ2v) is 7.04. The Labute approximate surface area is 130 Å². The second kappa shape index (κ2) is 7.35. The van der Waals surface area contributed by atoms with E-state index in [1.165, 1.54) is 4.31 Å². The van der Waals surface area contributed by atoms with Gasteiger partial charge in [-0.15, -0.1) is 0 Å². The monoisotopic (exact) mass is 322 g/mol. The Balaban J connectivity index is 1.85. The van der Waals surface area contributed by atoms with Crippen molar-refractivity contribution in [2.75, 3.05) is 37.2 Å². The normalized spacial score (nSPS) is 16.0. The minimum absolute atomic E-state index is 0.0910. The van der Waals surface area contributed by atoms with Crippen LogP contribution >= 0.6 is 0 Å². The zero-order chi connectivity index (χ0) is 16.0. The molecule has 1 aliphatic heterocycles. The number of amides is 1. The van der Waals surface area contributed by atoms with Crippen LogP contribution in [-0.2, 0) is 14.8 Å². The molecular weight excluding hydrogens is 304 g/mol. The molecule has 118 valence electrons. The summed E-state index contributed by atoms with van der Waals surface area (Å²) >= 11 is 0. The first kappa shape index (κ1) is 16.4. The number of benzene rings is 1. The van der Waals surface area contributed by atoms with Crippen LogP contribution in [0.4, 0.5) is 5.69 Å². The summed E-state index contributed by atoms with van der Waals surface area (Å²) in [6, 6.07) is 8.39. The fourth-order valence-corrected chi connectivity index (χ4v) is 3.57. The lowest BCUT2D eigenvalue weighted by Gasteiger charge is -2.26.